The molecule has 1 amide bonds. The quantitative estimate of drug-likeness (QED) is 0.707. The Morgan fingerprint density at radius 1 is 1.08 bits per heavy atom. The Hall–Kier alpha value is -3.41. The maximum atomic E-state index is 12.4. The third-order valence-corrected chi connectivity index (χ3v) is 3.55. The first-order valence-corrected chi connectivity index (χ1v) is 8.21. The van der Waals surface area contributed by atoms with Gasteiger partial charge in [0.2, 0.25) is 0 Å². The standard InChI is InChI=1S/C20H19N3O3/c1-15(26-17-8-3-2-4-9-17)20(24)23-19-18(10-6-12-22-19)25-14-16-7-5-11-21-13-16/h2-13,15H,14H2,1H3,(H,22,23,24). The fourth-order valence-corrected chi connectivity index (χ4v) is 2.22. The topological polar surface area (TPSA) is 73.3 Å². The van der Waals surface area contributed by atoms with Gasteiger partial charge in [-0.2, -0.15) is 0 Å². The number of aromatic nitrogens is 2. The molecule has 1 atom stereocenters. The van der Waals surface area contributed by atoms with E-state index in [1.165, 1.54) is 0 Å². The molecule has 3 rings (SSSR count). The Bertz CT molecular complexity index is 841. The van der Waals surface area contributed by atoms with Crippen molar-refractivity contribution in [3.8, 4) is 11.5 Å². The number of amides is 1. The summed E-state index contributed by atoms with van der Waals surface area (Å²) >= 11 is 0. The summed E-state index contributed by atoms with van der Waals surface area (Å²) in [5.41, 5.74) is 0.925. The van der Waals surface area contributed by atoms with Crippen LogP contribution >= 0.6 is 0 Å². The third kappa shape index (κ3) is 4.80. The molecule has 0 radical (unpaired) electrons. The second kappa shape index (κ2) is 8.62. The zero-order valence-electron chi connectivity index (χ0n) is 14.3. The molecule has 0 aliphatic heterocycles. The number of carbonyl (C=O) groups is 1. The van der Waals surface area contributed by atoms with E-state index in [-0.39, 0.29) is 5.91 Å². The molecule has 0 aliphatic rings. The van der Waals surface area contributed by atoms with Crippen LogP contribution in [-0.4, -0.2) is 22.0 Å². The number of carbonyl (C=O) groups excluding carboxylic acids is 1. The Labute approximate surface area is 151 Å². The molecule has 2 aromatic heterocycles. The van der Waals surface area contributed by atoms with E-state index in [0.717, 1.165) is 5.56 Å². The molecule has 3 aromatic rings. The van der Waals surface area contributed by atoms with Crippen LogP contribution in [0.3, 0.4) is 0 Å². The van der Waals surface area contributed by atoms with Crippen LogP contribution in [0.5, 0.6) is 11.5 Å². The largest absolute Gasteiger partial charge is 0.485 e. The summed E-state index contributed by atoms with van der Waals surface area (Å²) in [6, 6.07) is 16.4. The van der Waals surface area contributed by atoms with Crippen molar-refractivity contribution in [1.29, 1.82) is 0 Å². The van der Waals surface area contributed by atoms with E-state index in [4.69, 9.17) is 9.47 Å². The molecule has 1 aromatic carbocycles. The van der Waals surface area contributed by atoms with Crippen LogP contribution in [0, 0.1) is 0 Å². The predicted molar refractivity (Wildman–Crippen MR) is 98.0 cm³/mol. The van der Waals surface area contributed by atoms with Crippen LogP contribution in [0.1, 0.15) is 12.5 Å². The van der Waals surface area contributed by atoms with Gasteiger partial charge in [0.25, 0.3) is 5.91 Å². The number of benzene rings is 1. The fraction of sp³-hybridized carbons (Fsp3) is 0.150. The fourth-order valence-electron chi connectivity index (χ4n) is 2.22. The molecule has 0 aliphatic carbocycles. The predicted octanol–water partition coefficient (Wildman–Crippen LogP) is 3.46. The van der Waals surface area contributed by atoms with E-state index in [1.54, 1.807) is 49.8 Å². The number of nitrogens with one attached hydrogen (secondary N) is 1. The summed E-state index contributed by atoms with van der Waals surface area (Å²) in [5, 5.41) is 2.75. The summed E-state index contributed by atoms with van der Waals surface area (Å²) < 4.78 is 11.4. The SMILES string of the molecule is CC(Oc1ccccc1)C(=O)Nc1ncccc1OCc1cccnc1. The van der Waals surface area contributed by atoms with Gasteiger partial charge in [-0.15, -0.1) is 0 Å². The van der Waals surface area contributed by atoms with Gasteiger partial charge in [0.05, 0.1) is 0 Å². The molecule has 132 valence electrons. The van der Waals surface area contributed by atoms with Crippen LogP contribution < -0.4 is 14.8 Å². The molecule has 6 heteroatoms. The number of anilines is 1. The maximum absolute atomic E-state index is 12.4. The van der Waals surface area contributed by atoms with E-state index in [0.29, 0.717) is 23.9 Å². The molecule has 0 spiro atoms. The molecule has 0 saturated heterocycles. The molecule has 6 nitrogen and oxygen atoms in total. The molecule has 1 unspecified atom stereocenters. The van der Waals surface area contributed by atoms with Gasteiger partial charge in [0, 0.05) is 24.2 Å². The number of pyridine rings is 2. The summed E-state index contributed by atoms with van der Waals surface area (Å²) in [4.78, 5) is 20.6. The minimum absolute atomic E-state index is 0.307. The van der Waals surface area contributed by atoms with Crippen molar-refractivity contribution in [2.75, 3.05) is 5.32 Å². The molecular formula is C20H19N3O3. The van der Waals surface area contributed by atoms with Gasteiger partial charge in [-0.05, 0) is 37.3 Å². The lowest BCUT2D eigenvalue weighted by molar-refractivity contribution is -0.122. The summed E-state index contributed by atoms with van der Waals surface area (Å²) in [5.74, 6) is 1.16. The van der Waals surface area contributed by atoms with E-state index in [1.807, 2.05) is 30.3 Å². The number of nitrogens with zero attached hydrogens (tertiary/aromatic N) is 2. The van der Waals surface area contributed by atoms with Gasteiger partial charge >= 0.3 is 0 Å². The first-order chi connectivity index (χ1) is 12.7. The first-order valence-electron chi connectivity index (χ1n) is 8.21. The van der Waals surface area contributed by atoms with Crippen LogP contribution in [-0.2, 0) is 11.4 Å². The number of rotatable bonds is 7. The van der Waals surface area contributed by atoms with Crippen molar-refractivity contribution in [2.24, 2.45) is 0 Å². The summed E-state index contributed by atoms with van der Waals surface area (Å²) in [6.07, 6.45) is 4.35. The lowest BCUT2D eigenvalue weighted by atomic mass is 10.3. The van der Waals surface area contributed by atoms with E-state index in [9.17, 15) is 4.79 Å². The monoisotopic (exact) mass is 349 g/mol. The number of ether oxygens (including phenoxy) is 2. The highest BCUT2D eigenvalue weighted by atomic mass is 16.5. The van der Waals surface area contributed by atoms with Gasteiger partial charge in [-0.1, -0.05) is 24.3 Å². The molecule has 0 bridgehead atoms. The smallest absolute Gasteiger partial charge is 0.266 e. The normalized spacial score (nSPS) is 11.4. The molecule has 1 N–H and O–H groups in total. The van der Waals surface area contributed by atoms with Gasteiger partial charge < -0.3 is 14.8 Å². The number of para-hydroxylation sites is 1. The Morgan fingerprint density at radius 2 is 1.88 bits per heavy atom. The van der Waals surface area contributed by atoms with Crippen molar-refractivity contribution in [2.45, 2.75) is 19.6 Å². The Morgan fingerprint density at radius 3 is 2.65 bits per heavy atom. The molecule has 26 heavy (non-hydrogen) atoms. The minimum Gasteiger partial charge on any atom is -0.485 e. The molecular weight excluding hydrogens is 330 g/mol. The molecule has 0 fully saturated rings. The van der Waals surface area contributed by atoms with Crippen molar-refractivity contribution >= 4 is 11.7 Å². The first kappa shape index (κ1) is 17.4. The van der Waals surface area contributed by atoms with Crippen molar-refractivity contribution in [3.05, 3.63) is 78.8 Å². The van der Waals surface area contributed by atoms with E-state index >= 15 is 0 Å². The zero-order valence-corrected chi connectivity index (χ0v) is 14.3. The average Bonchev–Trinajstić information content (AvgIpc) is 2.69. The van der Waals surface area contributed by atoms with Crippen LogP contribution in [0.4, 0.5) is 5.82 Å². The second-order valence-corrected chi connectivity index (χ2v) is 5.56. The third-order valence-electron chi connectivity index (χ3n) is 3.55. The summed E-state index contributed by atoms with van der Waals surface area (Å²) in [7, 11) is 0. The Kier molecular flexibility index (Phi) is 5.77. The van der Waals surface area contributed by atoms with Crippen molar-refractivity contribution in [3.63, 3.8) is 0 Å². The average molecular weight is 349 g/mol. The van der Waals surface area contributed by atoms with Crippen molar-refractivity contribution in [1.82, 2.24) is 9.97 Å². The van der Waals surface area contributed by atoms with Crippen LogP contribution in [0.2, 0.25) is 0 Å². The highest BCUT2D eigenvalue weighted by Gasteiger charge is 2.17. The minimum atomic E-state index is -0.675. The van der Waals surface area contributed by atoms with Crippen molar-refractivity contribution < 1.29 is 14.3 Å². The summed E-state index contributed by atoms with van der Waals surface area (Å²) in [6.45, 7) is 2.01. The molecule has 0 saturated carbocycles. The van der Waals surface area contributed by atoms with Gasteiger partial charge in [-0.25, -0.2) is 4.98 Å². The van der Waals surface area contributed by atoms with Crippen LogP contribution in [0.25, 0.3) is 0 Å². The second-order valence-electron chi connectivity index (χ2n) is 5.56. The number of hydrogen-bond acceptors (Lipinski definition) is 5. The van der Waals surface area contributed by atoms with Gasteiger partial charge in [0.15, 0.2) is 17.7 Å². The van der Waals surface area contributed by atoms with Gasteiger partial charge in [-0.3, -0.25) is 9.78 Å². The Balaban J connectivity index is 1.63. The van der Waals surface area contributed by atoms with Gasteiger partial charge in [0.1, 0.15) is 12.4 Å². The lowest BCUT2D eigenvalue weighted by Gasteiger charge is -2.16. The molecule has 2 heterocycles. The zero-order chi connectivity index (χ0) is 18.2. The lowest BCUT2D eigenvalue weighted by Crippen LogP contribution is -2.30. The van der Waals surface area contributed by atoms with E-state index in [2.05, 4.69) is 15.3 Å². The highest BCUT2D eigenvalue weighted by molar-refractivity contribution is 5.94. The maximum Gasteiger partial charge on any atom is 0.266 e. The number of hydrogen-bond donors (Lipinski definition) is 1. The highest BCUT2D eigenvalue weighted by Crippen LogP contribution is 2.22. The van der Waals surface area contributed by atoms with Crippen LogP contribution in [0.15, 0.2) is 73.2 Å². The van der Waals surface area contributed by atoms with E-state index < -0.39 is 6.10 Å².